The Morgan fingerprint density at radius 2 is 2.33 bits per heavy atom. The molecule has 2 unspecified atom stereocenters. The van der Waals surface area contributed by atoms with Gasteiger partial charge in [-0.2, -0.15) is 0 Å². The molecule has 15 heavy (non-hydrogen) atoms. The van der Waals surface area contributed by atoms with Gasteiger partial charge in [0.25, 0.3) is 0 Å². The Balaban J connectivity index is 2.28. The molecule has 1 aliphatic rings. The molecular weight excluding hydrogens is 192 g/mol. The van der Waals surface area contributed by atoms with Crippen molar-refractivity contribution in [3.63, 3.8) is 0 Å². The molecule has 1 rings (SSSR count). The fourth-order valence-electron chi connectivity index (χ4n) is 1.76. The number of nitrogens with zero attached hydrogens (tertiary/aromatic N) is 1. The van der Waals surface area contributed by atoms with E-state index in [2.05, 4.69) is 17.3 Å². The van der Waals surface area contributed by atoms with E-state index in [9.17, 15) is 5.11 Å². The standard InChI is InChI=1S/C11H24N2O2/c1-11(9-14,12-2)5-6-13(3)10-4-7-15-8-10/h10,12,14H,4-9H2,1-3H3. The van der Waals surface area contributed by atoms with E-state index in [1.807, 2.05) is 14.0 Å². The van der Waals surface area contributed by atoms with Crippen LogP contribution in [0, 0.1) is 0 Å². The van der Waals surface area contributed by atoms with Gasteiger partial charge < -0.3 is 20.1 Å². The normalized spacial score (nSPS) is 25.8. The molecule has 0 aliphatic carbocycles. The maximum Gasteiger partial charge on any atom is 0.0622 e. The Kier molecular flexibility index (Phi) is 4.99. The first-order valence-corrected chi connectivity index (χ1v) is 5.69. The summed E-state index contributed by atoms with van der Waals surface area (Å²) in [6, 6.07) is 0.560. The summed E-state index contributed by atoms with van der Waals surface area (Å²) in [6.07, 6.45) is 2.08. The van der Waals surface area contributed by atoms with Gasteiger partial charge in [-0.25, -0.2) is 0 Å². The Labute approximate surface area is 92.6 Å². The highest BCUT2D eigenvalue weighted by Gasteiger charge is 2.24. The highest BCUT2D eigenvalue weighted by Crippen LogP contribution is 2.14. The predicted octanol–water partition coefficient (Wildman–Crippen LogP) is 0.0676. The SMILES string of the molecule is CNC(C)(CO)CCN(C)C1CCOC1. The minimum atomic E-state index is -0.159. The van der Waals surface area contributed by atoms with Gasteiger partial charge in [-0.1, -0.05) is 0 Å². The number of aliphatic hydroxyl groups excluding tert-OH is 1. The van der Waals surface area contributed by atoms with Crippen molar-refractivity contribution in [3.8, 4) is 0 Å². The van der Waals surface area contributed by atoms with Crippen molar-refractivity contribution >= 4 is 0 Å². The molecule has 2 N–H and O–H groups in total. The lowest BCUT2D eigenvalue weighted by Gasteiger charge is -2.31. The lowest BCUT2D eigenvalue weighted by molar-refractivity contribution is 0.132. The second kappa shape index (κ2) is 5.80. The van der Waals surface area contributed by atoms with Crippen LogP contribution in [0.25, 0.3) is 0 Å². The Morgan fingerprint density at radius 1 is 1.60 bits per heavy atom. The highest BCUT2D eigenvalue weighted by molar-refractivity contribution is 4.83. The molecule has 2 atom stereocenters. The highest BCUT2D eigenvalue weighted by atomic mass is 16.5. The van der Waals surface area contributed by atoms with Gasteiger partial charge in [0.1, 0.15) is 0 Å². The van der Waals surface area contributed by atoms with Crippen LogP contribution in [0.5, 0.6) is 0 Å². The van der Waals surface area contributed by atoms with Crippen LogP contribution in [-0.2, 0) is 4.74 Å². The molecule has 0 aromatic carbocycles. The van der Waals surface area contributed by atoms with Crippen LogP contribution in [0.2, 0.25) is 0 Å². The van der Waals surface area contributed by atoms with E-state index in [4.69, 9.17) is 4.74 Å². The molecule has 4 nitrogen and oxygen atoms in total. The second-order valence-corrected chi connectivity index (χ2v) is 4.72. The molecule has 0 amide bonds. The third-order valence-electron chi connectivity index (χ3n) is 3.50. The minimum Gasteiger partial charge on any atom is -0.394 e. The van der Waals surface area contributed by atoms with Crippen molar-refractivity contribution in [1.29, 1.82) is 0 Å². The van der Waals surface area contributed by atoms with Gasteiger partial charge in [-0.3, -0.25) is 0 Å². The van der Waals surface area contributed by atoms with Crippen LogP contribution in [0.4, 0.5) is 0 Å². The van der Waals surface area contributed by atoms with Crippen molar-refractivity contribution in [3.05, 3.63) is 0 Å². The zero-order valence-corrected chi connectivity index (χ0v) is 10.1. The van der Waals surface area contributed by atoms with E-state index in [-0.39, 0.29) is 12.1 Å². The average molecular weight is 216 g/mol. The zero-order chi connectivity index (χ0) is 11.3. The van der Waals surface area contributed by atoms with E-state index in [1.54, 1.807) is 0 Å². The van der Waals surface area contributed by atoms with Gasteiger partial charge in [-0.05, 0) is 33.9 Å². The quantitative estimate of drug-likeness (QED) is 0.659. The molecule has 1 saturated heterocycles. The van der Waals surface area contributed by atoms with Gasteiger partial charge in [0.15, 0.2) is 0 Å². The molecule has 1 fully saturated rings. The Morgan fingerprint density at radius 3 is 2.80 bits per heavy atom. The molecule has 1 heterocycles. The van der Waals surface area contributed by atoms with Crippen molar-refractivity contribution in [1.82, 2.24) is 10.2 Å². The fraction of sp³-hybridized carbons (Fsp3) is 1.00. The smallest absolute Gasteiger partial charge is 0.0622 e. The number of aliphatic hydroxyl groups is 1. The van der Waals surface area contributed by atoms with Crippen molar-refractivity contribution in [2.75, 3.05) is 40.5 Å². The fourth-order valence-corrected chi connectivity index (χ4v) is 1.76. The maximum absolute atomic E-state index is 9.26. The van der Waals surface area contributed by atoms with Gasteiger partial charge in [-0.15, -0.1) is 0 Å². The van der Waals surface area contributed by atoms with Gasteiger partial charge in [0.2, 0.25) is 0 Å². The summed E-state index contributed by atoms with van der Waals surface area (Å²) in [7, 11) is 4.03. The van der Waals surface area contributed by atoms with E-state index < -0.39 is 0 Å². The number of hydrogen-bond donors (Lipinski definition) is 2. The maximum atomic E-state index is 9.26. The average Bonchev–Trinajstić information content (AvgIpc) is 2.79. The van der Waals surface area contributed by atoms with E-state index >= 15 is 0 Å². The van der Waals surface area contributed by atoms with E-state index in [1.165, 1.54) is 0 Å². The number of nitrogens with one attached hydrogen (secondary N) is 1. The first kappa shape index (κ1) is 12.9. The number of ether oxygens (including phenoxy) is 1. The topological polar surface area (TPSA) is 44.7 Å². The molecule has 0 saturated carbocycles. The monoisotopic (exact) mass is 216 g/mol. The molecule has 90 valence electrons. The molecule has 0 bridgehead atoms. The first-order valence-electron chi connectivity index (χ1n) is 5.69. The number of likely N-dealkylation sites (N-methyl/N-ethyl adjacent to an activating group) is 2. The van der Waals surface area contributed by atoms with Crippen molar-refractivity contribution in [2.45, 2.75) is 31.3 Å². The minimum absolute atomic E-state index is 0.159. The molecular formula is C11H24N2O2. The van der Waals surface area contributed by atoms with Gasteiger partial charge in [0.05, 0.1) is 13.2 Å². The summed E-state index contributed by atoms with van der Waals surface area (Å²) in [4.78, 5) is 2.33. The van der Waals surface area contributed by atoms with E-state index in [0.717, 1.165) is 32.6 Å². The summed E-state index contributed by atoms with van der Waals surface area (Å²) >= 11 is 0. The van der Waals surface area contributed by atoms with Crippen LogP contribution < -0.4 is 5.32 Å². The number of rotatable bonds is 6. The molecule has 0 aromatic heterocycles. The molecule has 0 radical (unpaired) electrons. The lowest BCUT2D eigenvalue weighted by Crippen LogP contribution is -2.46. The van der Waals surface area contributed by atoms with Crippen LogP contribution >= 0.6 is 0 Å². The van der Waals surface area contributed by atoms with Crippen LogP contribution in [0.15, 0.2) is 0 Å². The first-order chi connectivity index (χ1) is 7.11. The summed E-state index contributed by atoms with van der Waals surface area (Å²) in [5, 5.41) is 12.4. The molecule has 1 aliphatic heterocycles. The lowest BCUT2D eigenvalue weighted by atomic mass is 9.99. The van der Waals surface area contributed by atoms with Crippen molar-refractivity contribution < 1.29 is 9.84 Å². The van der Waals surface area contributed by atoms with Gasteiger partial charge >= 0.3 is 0 Å². The van der Waals surface area contributed by atoms with Crippen LogP contribution in [0.3, 0.4) is 0 Å². The largest absolute Gasteiger partial charge is 0.394 e. The van der Waals surface area contributed by atoms with Crippen LogP contribution in [-0.4, -0.2) is 62.0 Å². The predicted molar refractivity (Wildman–Crippen MR) is 61.0 cm³/mol. The third-order valence-corrected chi connectivity index (χ3v) is 3.50. The molecule has 0 aromatic rings. The summed E-state index contributed by atoms with van der Waals surface area (Å²) in [5.41, 5.74) is -0.159. The summed E-state index contributed by atoms with van der Waals surface area (Å²) < 4.78 is 5.36. The summed E-state index contributed by atoms with van der Waals surface area (Å²) in [6.45, 7) is 4.96. The summed E-state index contributed by atoms with van der Waals surface area (Å²) in [5.74, 6) is 0. The van der Waals surface area contributed by atoms with E-state index in [0.29, 0.717) is 6.04 Å². The van der Waals surface area contributed by atoms with Crippen LogP contribution in [0.1, 0.15) is 19.8 Å². The number of hydrogen-bond acceptors (Lipinski definition) is 4. The zero-order valence-electron chi connectivity index (χ0n) is 10.1. The second-order valence-electron chi connectivity index (χ2n) is 4.72. The van der Waals surface area contributed by atoms with Crippen molar-refractivity contribution in [2.24, 2.45) is 0 Å². The Hall–Kier alpha value is -0.160. The molecule has 0 spiro atoms. The Bertz CT molecular complexity index is 177. The van der Waals surface area contributed by atoms with Gasteiger partial charge in [0, 0.05) is 24.7 Å². The molecule has 4 heteroatoms. The third kappa shape index (κ3) is 3.72.